The van der Waals surface area contributed by atoms with Crippen molar-refractivity contribution in [1.82, 2.24) is 5.32 Å². The molecule has 1 rings (SSSR count). The minimum atomic E-state index is -0.854. The molecule has 24 heavy (non-hydrogen) atoms. The van der Waals surface area contributed by atoms with Crippen LogP contribution in [0.1, 0.15) is 32.3 Å². The lowest BCUT2D eigenvalue weighted by Crippen LogP contribution is -2.36. The molecule has 2 N–H and O–H groups in total. The molecule has 0 amide bonds. The fraction of sp³-hybridized carbons (Fsp3) is 0.588. The van der Waals surface area contributed by atoms with E-state index in [1.54, 1.807) is 17.8 Å². The zero-order valence-electron chi connectivity index (χ0n) is 14.4. The van der Waals surface area contributed by atoms with Gasteiger partial charge < -0.3 is 19.9 Å². The van der Waals surface area contributed by atoms with Crippen molar-refractivity contribution in [1.29, 1.82) is 0 Å². The van der Waals surface area contributed by atoms with Gasteiger partial charge in [-0.3, -0.25) is 4.79 Å². The van der Waals surface area contributed by atoms with E-state index in [2.05, 4.69) is 5.32 Å². The first kappa shape index (κ1) is 20.9. The summed E-state index contributed by atoms with van der Waals surface area (Å²) in [6, 6.07) is 2.95. The van der Waals surface area contributed by atoms with Gasteiger partial charge in [0.25, 0.3) is 0 Å². The Morgan fingerprint density at radius 1 is 1.33 bits per heavy atom. The highest BCUT2D eigenvalue weighted by molar-refractivity contribution is 7.98. The summed E-state index contributed by atoms with van der Waals surface area (Å²) in [7, 11) is 0. The molecule has 1 aromatic rings. The zero-order valence-corrected chi connectivity index (χ0v) is 16.0. The summed E-state index contributed by atoms with van der Waals surface area (Å²) in [5, 5.41) is 12.9. The van der Waals surface area contributed by atoms with Gasteiger partial charge in [0.05, 0.1) is 13.2 Å². The van der Waals surface area contributed by atoms with Gasteiger partial charge >= 0.3 is 5.97 Å². The van der Waals surface area contributed by atoms with E-state index in [9.17, 15) is 9.90 Å². The third kappa shape index (κ3) is 6.79. The molecule has 0 aliphatic heterocycles. The lowest BCUT2D eigenvalue weighted by molar-refractivity contribution is -0.139. The Labute approximate surface area is 153 Å². The number of carboxylic acids is 1. The second-order valence-electron chi connectivity index (χ2n) is 5.23. The molecule has 7 heteroatoms. The van der Waals surface area contributed by atoms with E-state index in [0.29, 0.717) is 42.7 Å². The molecular weight excluding hydrogens is 350 g/mol. The normalized spacial score (nSPS) is 12.0. The third-order valence-electron chi connectivity index (χ3n) is 3.32. The summed E-state index contributed by atoms with van der Waals surface area (Å²) in [5.41, 5.74) is 0.791. The van der Waals surface area contributed by atoms with Crippen molar-refractivity contribution in [3.8, 4) is 11.5 Å². The molecule has 0 radical (unpaired) electrons. The van der Waals surface area contributed by atoms with Crippen LogP contribution >= 0.6 is 23.4 Å². The van der Waals surface area contributed by atoms with E-state index in [4.69, 9.17) is 21.1 Å². The summed E-state index contributed by atoms with van der Waals surface area (Å²) in [6.07, 6.45) is 3.41. The van der Waals surface area contributed by atoms with Gasteiger partial charge in [-0.05, 0) is 43.4 Å². The maximum Gasteiger partial charge on any atom is 0.320 e. The van der Waals surface area contributed by atoms with Gasteiger partial charge in [-0.25, -0.2) is 0 Å². The largest absolute Gasteiger partial charge is 0.490 e. The molecule has 0 heterocycles. The predicted octanol–water partition coefficient (Wildman–Crippen LogP) is 3.82. The van der Waals surface area contributed by atoms with Crippen LogP contribution in [-0.4, -0.2) is 42.3 Å². The molecule has 1 aromatic carbocycles. The van der Waals surface area contributed by atoms with E-state index >= 15 is 0 Å². The second kappa shape index (κ2) is 11.4. The number of benzene rings is 1. The number of nitrogens with one attached hydrogen (secondary N) is 1. The predicted molar refractivity (Wildman–Crippen MR) is 99.7 cm³/mol. The molecule has 5 nitrogen and oxygen atoms in total. The molecule has 0 bridgehead atoms. The average Bonchev–Trinajstić information content (AvgIpc) is 2.55. The molecule has 136 valence electrons. The van der Waals surface area contributed by atoms with E-state index in [-0.39, 0.29) is 0 Å². The fourth-order valence-corrected chi connectivity index (χ4v) is 2.78. The Morgan fingerprint density at radius 2 is 2.04 bits per heavy atom. The highest BCUT2D eigenvalue weighted by atomic mass is 35.5. The molecule has 0 spiro atoms. The quantitative estimate of drug-likeness (QED) is 0.578. The van der Waals surface area contributed by atoms with Crippen LogP contribution in [-0.2, 0) is 11.3 Å². The molecule has 0 aromatic heterocycles. The number of rotatable bonds is 12. The van der Waals surface area contributed by atoms with Crippen LogP contribution < -0.4 is 14.8 Å². The van der Waals surface area contributed by atoms with Gasteiger partial charge in [-0.15, -0.1) is 0 Å². The summed E-state index contributed by atoms with van der Waals surface area (Å²) < 4.78 is 11.3. The molecule has 0 saturated carbocycles. The Balaban J connectivity index is 2.86. The number of hydrogen-bond acceptors (Lipinski definition) is 5. The summed E-state index contributed by atoms with van der Waals surface area (Å²) in [5.74, 6) is 1.17. The molecule has 0 aliphatic rings. The minimum Gasteiger partial charge on any atom is -0.490 e. The minimum absolute atomic E-state index is 0.359. The Hall–Kier alpha value is -1.11. The van der Waals surface area contributed by atoms with Gasteiger partial charge in [0, 0.05) is 17.6 Å². The first-order valence-electron chi connectivity index (χ1n) is 8.06. The van der Waals surface area contributed by atoms with Gasteiger partial charge in [0.2, 0.25) is 0 Å². The van der Waals surface area contributed by atoms with Crippen LogP contribution in [0.5, 0.6) is 11.5 Å². The topological polar surface area (TPSA) is 67.8 Å². The number of aliphatic carboxylic acids is 1. The van der Waals surface area contributed by atoms with Crippen molar-refractivity contribution in [2.75, 3.05) is 25.2 Å². The number of carbonyl (C=O) groups is 1. The van der Waals surface area contributed by atoms with Crippen LogP contribution in [0.2, 0.25) is 5.02 Å². The number of carboxylic acid groups (broad SMARTS) is 1. The van der Waals surface area contributed by atoms with Crippen molar-refractivity contribution in [3.63, 3.8) is 0 Å². The number of thioether (sulfide) groups is 1. The summed E-state index contributed by atoms with van der Waals surface area (Å²) in [6.45, 7) is 5.39. The number of hydrogen-bond donors (Lipinski definition) is 2. The van der Waals surface area contributed by atoms with Crippen molar-refractivity contribution in [3.05, 3.63) is 22.7 Å². The Bertz CT molecular complexity index is 528. The van der Waals surface area contributed by atoms with Crippen LogP contribution in [0.4, 0.5) is 0 Å². The van der Waals surface area contributed by atoms with Gasteiger partial charge in [-0.2, -0.15) is 11.8 Å². The van der Waals surface area contributed by atoms with Crippen LogP contribution in [0, 0.1) is 0 Å². The average molecular weight is 376 g/mol. The zero-order chi connectivity index (χ0) is 17.9. The monoisotopic (exact) mass is 375 g/mol. The first-order chi connectivity index (χ1) is 11.5. The van der Waals surface area contributed by atoms with Gasteiger partial charge in [0.1, 0.15) is 6.04 Å². The highest BCUT2D eigenvalue weighted by Crippen LogP contribution is 2.34. The smallest absolute Gasteiger partial charge is 0.320 e. The molecule has 0 fully saturated rings. The highest BCUT2D eigenvalue weighted by Gasteiger charge is 2.18. The number of ether oxygens (including phenoxy) is 2. The van der Waals surface area contributed by atoms with Crippen LogP contribution in [0.25, 0.3) is 0 Å². The lowest BCUT2D eigenvalue weighted by atomic mass is 10.1. The summed E-state index contributed by atoms with van der Waals surface area (Å²) in [4.78, 5) is 11.3. The Morgan fingerprint density at radius 3 is 2.62 bits per heavy atom. The van der Waals surface area contributed by atoms with Crippen LogP contribution in [0.15, 0.2) is 12.1 Å². The van der Waals surface area contributed by atoms with Crippen LogP contribution in [0.3, 0.4) is 0 Å². The van der Waals surface area contributed by atoms with Crippen molar-refractivity contribution in [2.24, 2.45) is 0 Å². The van der Waals surface area contributed by atoms with Gasteiger partial charge in [-0.1, -0.05) is 18.5 Å². The molecule has 0 aliphatic carbocycles. The van der Waals surface area contributed by atoms with Crippen molar-refractivity contribution >= 4 is 29.3 Å². The SMILES string of the molecule is CCCOc1cc(Cl)c(CNC(CCSC)C(=O)O)cc1OCC. The van der Waals surface area contributed by atoms with Crippen molar-refractivity contribution < 1.29 is 19.4 Å². The molecular formula is C17H26ClNO4S. The van der Waals surface area contributed by atoms with E-state index < -0.39 is 12.0 Å². The number of halogens is 1. The maximum absolute atomic E-state index is 11.3. The molecule has 1 unspecified atom stereocenters. The summed E-state index contributed by atoms with van der Waals surface area (Å²) >= 11 is 7.95. The lowest BCUT2D eigenvalue weighted by Gasteiger charge is -2.17. The van der Waals surface area contributed by atoms with E-state index in [1.807, 2.05) is 26.2 Å². The van der Waals surface area contributed by atoms with Gasteiger partial charge in [0.15, 0.2) is 11.5 Å². The van der Waals surface area contributed by atoms with E-state index in [0.717, 1.165) is 17.7 Å². The fourth-order valence-electron chi connectivity index (χ4n) is 2.09. The second-order valence-corrected chi connectivity index (χ2v) is 6.62. The third-order valence-corrected chi connectivity index (χ3v) is 4.32. The van der Waals surface area contributed by atoms with E-state index in [1.165, 1.54) is 0 Å². The standard InChI is InChI=1S/C17H26ClNO4S/c1-4-7-23-16-10-13(18)12(9-15(16)22-5-2)11-19-14(17(20)21)6-8-24-3/h9-10,14,19H,4-8,11H2,1-3H3,(H,20,21). The Kier molecular flexibility index (Phi) is 9.98. The van der Waals surface area contributed by atoms with Crippen molar-refractivity contribution in [2.45, 2.75) is 39.3 Å². The first-order valence-corrected chi connectivity index (χ1v) is 9.83. The molecule has 0 saturated heterocycles. The maximum atomic E-state index is 11.3. The molecule has 1 atom stereocenters.